The van der Waals surface area contributed by atoms with E-state index in [1.165, 1.54) is 5.57 Å². The summed E-state index contributed by atoms with van der Waals surface area (Å²) in [4.78, 5) is 35.5. The lowest BCUT2D eigenvalue weighted by molar-refractivity contribution is -0.177. The Morgan fingerprint density at radius 3 is 2.68 bits per heavy atom. The van der Waals surface area contributed by atoms with E-state index >= 15 is 0 Å². The van der Waals surface area contributed by atoms with Crippen LogP contribution in [0, 0.1) is 29.1 Å². The molecule has 136 valence electrons. The summed E-state index contributed by atoms with van der Waals surface area (Å²) in [5.41, 5.74) is 0.205. The first-order chi connectivity index (χ1) is 11.9. The normalized spacial score (nSPS) is 45.7. The second kappa shape index (κ2) is 5.78. The molecule has 0 aromatic carbocycles. The highest BCUT2D eigenvalue weighted by molar-refractivity contribution is 5.91. The molecule has 0 aliphatic heterocycles. The Kier molecular flexibility index (Phi) is 3.93. The van der Waals surface area contributed by atoms with E-state index in [0.717, 1.165) is 38.5 Å². The van der Waals surface area contributed by atoms with Gasteiger partial charge in [0.15, 0.2) is 17.2 Å². The van der Waals surface area contributed by atoms with Crippen molar-refractivity contribution in [2.45, 2.75) is 70.8 Å². The van der Waals surface area contributed by atoms with E-state index in [4.69, 9.17) is 4.74 Å². The van der Waals surface area contributed by atoms with Crippen LogP contribution >= 0.6 is 0 Å². The maximum atomic E-state index is 12.5. The third kappa shape index (κ3) is 2.22. The van der Waals surface area contributed by atoms with E-state index in [1.807, 2.05) is 6.08 Å². The van der Waals surface area contributed by atoms with Crippen molar-refractivity contribution in [3.8, 4) is 0 Å². The van der Waals surface area contributed by atoms with Crippen molar-refractivity contribution < 1.29 is 19.1 Å². The van der Waals surface area contributed by atoms with E-state index < -0.39 is 5.60 Å². The van der Waals surface area contributed by atoms with Crippen molar-refractivity contribution in [1.82, 2.24) is 0 Å². The monoisotopic (exact) mass is 344 g/mol. The maximum absolute atomic E-state index is 12.5. The number of rotatable bonds is 3. The molecule has 0 spiro atoms. The number of ketones is 2. The Bertz CT molecular complexity index is 650. The SMILES string of the molecule is CC(=O)[C@@]1(OC=O)CC[C@H]2[C@@H]3CCC4=CC(=O)CC[C@@H]4[C@H]3CC[C@@]21C. The van der Waals surface area contributed by atoms with Crippen molar-refractivity contribution in [1.29, 1.82) is 0 Å². The van der Waals surface area contributed by atoms with Gasteiger partial charge >= 0.3 is 0 Å². The van der Waals surface area contributed by atoms with E-state index in [9.17, 15) is 14.4 Å². The lowest BCUT2D eigenvalue weighted by Crippen LogP contribution is -2.56. The van der Waals surface area contributed by atoms with Crippen LogP contribution < -0.4 is 0 Å². The van der Waals surface area contributed by atoms with Crippen LogP contribution in [0.2, 0.25) is 0 Å². The molecule has 0 saturated heterocycles. The number of allylic oxidation sites excluding steroid dienone is 1. The molecule has 4 nitrogen and oxygen atoms in total. The first kappa shape index (κ1) is 17.0. The minimum atomic E-state index is -0.928. The minimum absolute atomic E-state index is 0.00251. The zero-order chi connectivity index (χ0) is 17.8. The molecule has 4 rings (SSSR count). The minimum Gasteiger partial charge on any atom is -0.453 e. The van der Waals surface area contributed by atoms with Gasteiger partial charge in [-0.05, 0) is 81.6 Å². The van der Waals surface area contributed by atoms with Crippen LogP contribution in [-0.2, 0) is 19.1 Å². The zero-order valence-electron chi connectivity index (χ0n) is 15.3. The largest absolute Gasteiger partial charge is 0.453 e. The van der Waals surface area contributed by atoms with Gasteiger partial charge in [0.1, 0.15) is 0 Å². The summed E-state index contributed by atoms with van der Waals surface area (Å²) < 4.78 is 5.54. The molecule has 0 amide bonds. The third-order valence-electron chi connectivity index (χ3n) is 8.24. The fourth-order valence-corrected chi connectivity index (χ4v) is 7.12. The topological polar surface area (TPSA) is 60.4 Å². The van der Waals surface area contributed by atoms with Crippen LogP contribution in [0.15, 0.2) is 11.6 Å². The predicted octanol–water partition coefficient (Wildman–Crippen LogP) is 3.63. The fraction of sp³-hybridized carbons (Fsp3) is 0.762. The van der Waals surface area contributed by atoms with Crippen LogP contribution in [0.4, 0.5) is 0 Å². The summed E-state index contributed by atoms with van der Waals surface area (Å²) in [6.45, 7) is 4.24. The highest BCUT2D eigenvalue weighted by Crippen LogP contribution is 2.65. The van der Waals surface area contributed by atoms with Gasteiger partial charge in [0, 0.05) is 11.8 Å². The van der Waals surface area contributed by atoms with E-state index in [-0.39, 0.29) is 11.2 Å². The van der Waals surface area contributed by atoms with Gasteiger partial charge in [0.05, 0.1) is 0 Å². The highest BCUT2D eigenvalue weighted by atomic mass is 16.5. The lowest BCUT2D eigenvalue weighted by atomic mass is 9.50. The summed E-state index contributed by atoms with van der Waals surface area (Å²) in [7, 11) is 0. The van der Waals surface area contributed by atoms with Crippen LogP contribution in [0.5, 0.6) is 0 Å². The molecular weight excluding hydrogens is 316 g/mol. The molecule has 3 saturated carbocycles. The molecule has 0 bridgehead atoms. The van der Waals surface area contributed by atoms with Crippen LogP contribution in [-0.4, -0.2) is 23.6 Å². The Morgan fingerprint density at radius 1 is 1.16 bits per heavy atom. The predicted molar refractivity (Wildman–Crippen MR) is 92.7 cm³/mol. The Morgan fingerprint density at radius 2 is 1.96 bits per heavy atom. The first-order valence-electron chi connectivity index (χ1n) is 9.79. The van der Waals surface area contributed by atoms with Crippen LogP contribution in [0.1, 0.15) is 65.2 Å². The molecule has 4 aliphatic rings. The number of hydrogen-bond acceptors (Lipinski definition) is 4. The molecule has 4 aliphatic carbocycles. The molecule has 0 heterocycles. The lowest BCUT2D eigenvalue weighted by Gasteiger charge is -2.55. The number of fused-ring (bicyclic) bond motifs is 5. The number of ether oxygens (including phenoxy) is 1. The van der Waals surface area contributed by atoms with Gasteiger partial charge in [-0.25, -0.2) is 0 Å². The number of Topliss-reactive ketones (excluding diaryl/α,β-unsaturated/α-hetero) is 1. The maximum Gasteiger partial charge on any atom is 0.294 e. The first-order valence-corrected chi connectivity index (χ1v) is 9.79. The van der Waals surface area contributed by atoms with E-state index in [1.54, 1.807) is 6.92 Å². The summed E-state index contributed by atoms with van der Waals surface area (Å²) in [5.74, 6) is 2.51. The molecule has 25 heavy (non-hydrogen) atoms. The zero-order valence-corrected chi connectivity index (χ0v) is 15.3. The third-order valence-corrected chi connectivity index (χ3v) is 8.24. The standard InChI is InChI=1S/C21H28O4/c1-13(23)21(25-12-22)10-8-19-18-5-3-14-11-15(24)4-6-16(14)17(18)7-9-20(19,21)2/h11-12,16-19H,3-10H2,1-2H3/t16-,17+,18+,19-,20-,21-/m0/s1. The summed E-state index contributed by atoms with van der Waals surface area (Å²) in [5, 5.41) is 0. The summed E-state index contributed by atoms with van der Waals surface area (Å²) in [6, 6.07) is 0. The van der Waals surface area contributed by atoms with Gasteiger partial charge in [0.2, 0.25) is 0 Å². The van der Waals surface area contributed by atoms with Gasteiger partial charge in [-0.15, -0.1) is 0 Å². The average molecular weight is 344 g/mol. The molecule has 0 N–H and O–H groups in total. The van der Waals surface area contributed by atoms with E-state index in [2.05, 4.69) is 6.92 Å². The molecule has 0 aromatic heterocycles. The van der Waals surface area contributed by atoms with Crippen molar-refractivity contribution in [3.63, 3.8) is 0 Å². The summed E-state index contributed by atoms with van der Waals surface area (Å²) >= 11 is 0. The smallest absolute Gasteiger partial charge is 0.294 e. The second-order valence-corrected chi connectivity index (χ2v) is 8.90. The number of carbonyl (C=O) groups is 3. The molecule has 0 unspecified atom stereocenters. The molecule has 6 atom stereocenters. The van der Waals surface area contributed by atoms with Gasteiger partial charge in [0.25, 0.3) is 6.47 Å². The van der Waals surface area contributed by atoms with Crippen molar-refractivity contribution in [2.75, 3.05) is 0 Å². The van der Waals surface area contributed by atoms with Crippen LogP contribution in [0.25, 0.3) is 0 Å². The van der Waals surface area contributed by atoms with Gasteiger partial charge in [-0.2, -0.15) is 0 Å². The van der Waals surface area contributed by atoms with Crippen molar-refractivity contribution >= 4 is 18.0 Å². The van der Waals surface area contributed by atoms with Crippen molar-refractivity contribution in [2.24, 2.45) is 29.1 Å². The Balaban J connectivity index is 1.66. The van der Waals surface area contributed by atoms with Gasteiger partial charge in [-0.1, -0.05) is 12.5 Å². The number of carbonyl (C=O) groups excluding carboxylic acids is 3. The average Bonchev–Trinajstić information content (AvgIpc) is 2.88. The summed E-state index contributed by atoms with van der Waals surface area (Å²) in [6.07, 6.45) is 9.37. The van der Waals surface area contributed by atoms with Crippen LogP contribution in [0.3, 0.4) is 0 Å². The van der Waals surface area contributed by atoms with Gasteiger partial charge < -0.3 is 4.74 Å². The molecule has 4 heteroatoms. The Labute approximate surface area is 149 Å². The van der Waals surface area contributed by atoms with Crippen molar-refractivity contribution in [3.05, 3.63) is 11.6 Å². The Hall–Kier alpha value is -1.45. The second-order valence-electron chi connectivity index (χ2n) is 8.90. The molecule has 0 radical (unpaired) electrons. The quantitative estimate of drug-likeness (QED) is 0.734. The molecule has 3 fully saturated rings. The fourth-order valence-electron chi connectivity index (χ4n) is 7.12. The number of hydrogen-bond donors (Lipinski definition) is 0. The molecular formula is C21H28O4. The van der Waals surface area contributed by atoms with E-state index in [0.29, 0.717) is 48.8 Å². The van der Waals surface area contributed by atoms with Gasteiger partial charge in [-0.3, -0.25) is 14.4 Å². The highest BCUT2D eigenvalue weighted by Gasteiger charge is 2.66. The molecule has 0 aromatic rings.